The molecule has 0 fully saturated rings. The Kier molecular flexibility index (Phi) is 5.91. The molecule has 2 N–H and O–H groups in total. The molecule has 0 saturated carbocycles. The van der Waals surface area contributed by atoms with Crippen molar-refractivity contribution >= 4 is 22.6 Å². The van der Waals surface area contributed by atoms with E-state index in [1.807, 2.05) is 13.0 Å². The summed E-state index contributed by atoms with van der Waals surface area (Å²) in [5.41, 5.74) is 8.04. The molecule has 25 heavy (non-hydrogen) atoms. The molecule has 0 saturated heterocycles. The molecule has 0 spiro atoms. The fraction of sp³-hybridized carbons (Fsp3) is 0.421. The highest BCUT2D eigenvalue weighted by molar-refractivity contribution is 6.29. The summed E-state index contributed by atoms with van der Waals surface area (Å²) in [5.74, 6) is -0.313. The van der Waals surface area contributed by atoms with Crippen LogP contribution in [0.15, 0.2) is 42.3 Å². The van der Waals surface area contributed by atoms with Crippen LogP contribution >= 0.6 is 11.6 Å². The predicted octanol–water partition coefficient (Wildman–Crippen LogP) is 4.74. The van der Waals surface area contributed by atoms with Gasteiger partial charge in [-0.15, -0.1) is 0 Å². The Bertz CT molecular complexity index is 818. The summed E-state index contributed by atoms with van der Waals surface area (Å²) in [6.07, 6.45) is 2.59. The summed E-state index contributed by atoms with van der Waals surface area (Å²) in [7, 11) is 0. The molecule has 0 aliphatic heterocycles. The Balaban J connectivity index is 2.79. The molecule has 2 rings (SSSR count). The molecule has 6 heteroatoms. The zero-order valence-electron chi connectivity index (χ0n) is 15.1. The van der Waals surface area contributed by atoms with Gasteiger partial charge in [0.1, 0.15) is 28.7 Å². The van der Waals surface area contributed by atoms with Crippen molar-refractivity contribution in [3.8, 4) is 0 Å². The second-order valence-corrected chi connectivity index (χ2v) is 6.97. The molecule has 0 amide bonds. The van der Waals surface area contributed by atoms with Crippen LogP contribution in [0.5, 0.6) is 0 Å². The number of alkyl halides is 1. The number of hydrogen-bond acceptors (Lipinski definition) is 4. The van der Waals surface area contributed by atoms with E-state index in [4.69, 9.17) is 17.3 Å². The van der Waals surface area contributed by atoms with E-state index in [0.29, 0.717) is 22.3 Å². The standard InChI is InChI=1S/C19H24ClFN4/c1-6-12(4)9-13(5)19(22,17(21)11(2)3)18-16-14(23-10-24-18)7-8-15(20)25-16/h7-11,17H,4,6,22H2,1-3,5H3/b13-9+. The first-order valence-electron chi connectivity index (χ1n) is 8.29. The minimum absolute atomic E-state index is 0.283. The van der Waals surface area contributed by atoms with Crippen LogP contribution < -0.4 is 5.73 Å². The lowest BCUT2D eigenvalue weighted by Gasteiger charge is -2.36. The molecule has 2 heterocycles. The number of aromatic nitrogens is 3. The third-order valence-electron chi connectivity index (χ3n) is 4.39. The number of hydrogen-bond donors (Lipinski definition) is 1. The lowest BCUT2D eigenvalue weighted by Crippen LogP contribution is -2.50. The van der Waals surface area contributed by atoms with E-state index in [0.717, 1.165) is 12.0 Å². The van der Waals surface area contributed by atoms with Gasteiger partial charge in [0.05, 0.1) is 11.2 Å². The summed E-state index contributed by atoms with van der Waals surface area (Å²) in [4.78, 5) is 12.8. The van der Waals surface area contributed by atoms with Crippen molar-refractivity contribution in [1.29, 1.82) is 0 Å². The highest BCUT2D eigenvalue weighted by atomic mass is 35.5. The van der Waals surface area contributed by atoms with E-state index in [1.165, 1.54) is 6.33 Å². The van der Waals surface area contributed by atoms with Gasteiger partial charge < -0.3 is 5.73 Å². The van der Waals surface area contributed by atoms with E-state index in [2.05, 4.69) is 21.5 Å². The maximum Gasteiger partial charge on any atom is 0.130 e. The lowest BCUT2D eigenvalue weighted by molar-refractivity contribution is 0.159. The highest BCUT2D eigenvalue weighted by Gasteiger charge is 2.43. The van der Waals surface area contributed by atoms with Crippen LogP contribution in [0.3, 0.4) is 0 Å². The van der Waals surface area contributed by atoms with E-state index >= 15 is 4.39 Å². The van der Waals surface area contributed by atoms with Crippen molar-refractivity contribution in [2.45, 2.75) is 45.8 Å². The van der Waals surface area contributed by atoms with Crippen LogP contribution in [0.4, 0.5) is 4.39 Å². The number of allylic oxidation sites excluding steroid dienone is 2. The average Bonchev–Trinajstić information content (AvgIpc) is 2.59. The van der Waals surface area contributed by atoms with Gasteiger partial charge in [-0.05, 0) is 37.0 Å². The minimum atomic E-state index is -1.45. The maximum atomic E-state index is 15.4. The zero-order chi connectivity index (χ0) is 18.8. The van der Waals surface area contributed by atoms with Gasteiger partial charge in [0.15, 0.2) is 0 Å². The summed E-state index contributed by atoms with van der Waals surface area (Å²) in [6, 6.07) is 3.36. The van der Waals surface area contributed by atoms with Gasteiger partial charge in [0.2, 0.25) is 0 Å². The third-order valence-corrected chi connectivity index (χ3v) is 4.60. The molecule has 2 aromatic heterocycles. The van der Waals surface area contributed by atoms with Crippen LogP contribution in [0.25, 0.3) is 11.0 Å². The van der Waals surface area contributed by atoms with E-state index < -0.39 is 11.7 Å². The average molecular weight is 363 g/mol. The van der Waals surface area contributed by atoms with Crippen molar-refractivity contribution in [1.82, 2.24) is 15.0 Å². The largest absolute Gasteiger partial charge is 0.314 e. The molecule has 2 atom stereocenters. The van der Waals surface area contributed by atoms with Crippen LogP contribution in [0.1, 0.15) is 39.8 Å². The van der Waals surface area contributed by atoms with E-state index in [1.54, 1.807) is 32.9 Å². The monoisotopic (exact) mass is 362 g/mol. The van der Waals surface area contributed by atoms with Crippen LogP contribution in [0.2, 0.25) is 5.15 Å². The van der Waals surface area contributed by atoms with Crippen molar-refractivity contribution < 1.29 is 4.39 Å². The molecule has 0 aliphatic rings. The quantitative estimate of drug-likeness (QED) is 0.595. The van der Waals surface area contributed by atoms with Gasteiger partial charge in [-0.3, -0.25) is 0 Å². The molecular formula is C19H24ClFN4. The van der Waals surface area contributed by atoms with Crippen LogP contribution in [-0.4, -0.2) is 21.1 Å². The third kappa shape index (κ3) is 3.72. The number of pyridine rings is 1. The first kappa shape index (κ1) is 19.5. The zero-order valence-corrected chi connectivity index (χ0v) is 15.8. The smallest absolute Gasteiger partial charge is 0.130 e. The topological polar surface area (TPSA) is 64.7 Å². The Morgan fingerprint density at radius 1 is 1.40 bits per heavy atom. The van der Waals surface area contributed by atoms with Crippen molar-refractivity contribution in [2.24, 2.45) is 11.7 Å². The van der Waals surface area contributed by atoms with E-state index in [9.17, 15) is 0 Å². The highest BCUT2D eigenvalue weighted by Crippen LogP contribution is 2.37. The number of nitrogens with two attached hydrogens (primary N) is 1. The first-order chi connectivity index (χ1) is 11.7. The van der Waals surface area contributed by atoms with E-state index in [-0.39, 0.29) is 11.1 Å². The molecule has 0 bridgehead atoms. The van der Waals surface area contributed by atoms with Gasteiger partial charge in [-0.2, -0.15) is 0 Å². The maximum absolute atomic E-state index is 15.4. The van der Waals surface area contributed by atoms with Crippen LogP contribution in [0, 0.1) is 5.92 Å². The number of halogens is 2. The Morgan fingerprint density at radius 3 is 2.68 bits per heavy atom. The second-order valence-electron chi connectivity index (χ2n) is 6.58. The van der Waals surface area contributed by atoms with Gasteiger partial charge in [0, 0.05) is 0 Å². The number of rotatable bonds is 6. The summed E-state index contributed by atoms with van der Waals surface area (Å²) in [6.45, 7) is 11.3. The fourth-order valence-corrected chi connectivity index (χ4v) is 2.95. The number of fused-ring (bicyclic) bond motifs is 1. The number of nitrogens with zero attached hydrogens (tertiary/aromatic N) is 3. The Morgan fingerprint density at radius 2 is 2.08 bits per heavy atom. The molecule has 2 unspecified atom stereocenters. The molecule has 0 radical (unpaired) electrons. The minimum Gasteiger partial charge on any atom is -0.314 e. The molecule has 134 valence electrons. The molecule has 0 aliphatic carbocycles. The Hall–Kier alpha value is -1.85. The molecule has 0 aromatic carbocycles. The Labute approximate surface area is 153 Å². The molecule has 2 aromatic rings. The van der Waals surface area contributed by atoms with Gasteiger partial charge in [-0.1, -0.05) is 50.6 Å². The summed E-state index contributed by atoms with van der Waals surface area (Å²) >= 11 is 6.04. The summed E-state index contributed by atoms with van der Waals surface area (Å²) in [5, 5.41) is 0.283. The first-order valence-corrected chi connectivity index (χ1v) is 8.66. The molecular weight excluding hydrogens is 339 g/mol. The fourth-order valence-electron chi connectivity index (χ4n) is 2.81. The van der Waals surface area contributed by atoms with Crippen molar-refractivity contribution in [2.75, 3.05) is 0 Å². The van der Waals surface area contributed by atoms with Gasteiger partial charge in [0.25, 0.3) is 0 Å². The SMILES string of the molecule is C=C(/C=C(\C)C(N)(c1ncnc2ccc(Cl)nc12)C(F)C(C)C)CC. The van der Waals surface area contributed by atoms with Crippen molar-refractivity contribution in [3.05, 3.63) is 53.1 Å². The molecule has 4 nitrogen and oxygen atoms in total. The van der Waals surface area contributed by atoms with Gasteiger partial charge in [-0.25, -0.2) is 19.3 Å². The summed E-state index contributed by atoms with van der Waals surface area (Å²) < 4.78 is 15.4. The van der Waals surface area contributed by atoms with Gasteiger partial charge >= 0.3 is 0 Å². The normalized spacial score (nSPS) is 16.1. The predicted molar refractivity (Wildman–Crippen MR) is 101 cm³/mol. The lowest BCUT2D eigenvalue weighted by atomic mass is 9.77. The van der Waals surface area contributed by atoms with Crippen LogP contribution in [-0.2, 0) is 5.54 Å². The second kappa shape index (κ2) is 7.58. The van der Waals surface area contributed by atoms with Crippen molar-refractivity contribution in [3.63, 3.8) is 0 Å².